The van der Waals surface area contributed by atoms with Gasteiger partial charge in [-0.3, -0.25) is 4.57 Å². The minimum absolute atomic E-state index is 0. The van der Waals surface area contributed by atoms with E-state index in [4.69, 9.17) is 24.4 Å². The molecule has 1 aliphatic heterocycles. The van der Waals surface area contributed by atoms with E-state index in [0.29, 0.717) is 19.0 Å². The number of nitrogens with one attached hydrogen (secondary N) is 1. The van der Waals surface area contributed by atoms with Gasteiger partial charge in [0.2, 0.25) is 5.95 Å². The lowest BCUT2D eigenvalue weighted by molar-refractivity contribution is -0.0298. The fourth-order valence-corrected chi connectivity index (χ4v) is 5.51. The van der Waals surface area contributed by atoms with Crippen molar-refractivity contribution in [2.75, 3.05) is 16.8 Å². The zero-order valence-electron chi connectivity index (χ0n) is 24.4. The van der Waals surface area contributed by atoms with Crippen molar-refractivity contribution in [3.63, 3.8) is 0 Å². The zero-order chi connectivity index (χ0) is 29.6. The first-order valence-electron chi connectivity index (χ1n) is 15.1. The molecule has 3 heterocycles. The Bertz CT molecular complexity index is 1750. The molecule has 7 rings (SSSR count). The maximum Gasteiger partial charge on any atom is 0.231 e. The van der Waals surface area contributed by atoms with Crippen LogP contribution in [0.4, 0.5) is 17.5 Å². The van der Waals surface area contributed by atoms with Crippen LogP contribution >= 0.6 is 0 Å². The first-order chi connectivity index (χ1) is 21.8. The highest BCUT2D eigenvalue weighted by atomic mass is 16.5. The van der Waals surface area contributed by atoms with Gasteiger partial charge in [0.15, 0.2) is 17.0 Å². The lowest BCUT2D eigenvalue weighted by Crippen LogP contribution is -2.24. The molecule has 1 N–H and O–H groups in total. The molecule has 1 unspecified atom stereocenters. The van der Waals surface area contributed by atoms with E-state index in [-0.39, 0.29) is 7.65 Å². The van der Waals surface area contributed by atoms with Crippen LogP contribution in [0.25, 0.3) is 11.2 Å². The molecule has 6 aromatic rings. The van der Waals surface area contributed by atoms with E-state index in [2.05, 4.69) is 63.3 Å². The fraction of sp³-hybridized carbons (Fsp3) is 0.194. The van der Waals surface area contributed by atoms with Crippen LogP contribution in [0.5, 0.6) is 11.5 Å². The number of para-hydroxylation sites is 1. The third-order valence-electron chi connectivity index (χ3n) is 7.69. The summed E-state index contributed by atoms with van der Waals surface area (Å²) in [5.74, 6) is 2.81. The Morgan fingerprint density at radius 1 is 0.773 bits per heavy atom. The summed E-state index contributed by atoms with van der Waals surface area (Å²) in [6.07, 6.45) is 4.85. The van der Waals surface area contributed by atoms with Crippen molar-refractivity contribution in [3.8, 4) is 11.5 Å². The van der Waals surface area contributed by atoms with E-state index in [1.165, 1.54) is 11.1 Å². The number of fused-ring (bicyclic) bond motifs is 1. The van der Waals surface area contributed by atoms with E-state index >= 15 is 0 Å². The number of hydrogen-bond donors (Lipinski definition) is 1. The molecule has 0 spiro atoms. The van der Waals surface area contributed by atoms with Gasteiger partial charge in [0.05, 0.1) is 6.33 Å². The third-order valence-corrected chi connectivity index (χ3v) is 7.69. The fourth-order valence-electron chi connectivity index (χ4n) is 5.51. The van der Waals surface area contributed by atoms with Gasteiger partial charge >= 0.3 is 0 Å². The molecular formula is C36H36N6O2. The molecule has 222 valence electrons. The van der Waals surface area contributed by atoms with Gasteiger partial charge < -0.3 is 19.7 Å². The summed E-state index contributed by atoms with van der Waals surface area (Å²) in [5.41, 5.74) is 4.73. The minimum atomic E-state index is -0.101. The summed E-state index contributed by atoms with van der Waals surface area (Å²) in [7, 11) is 0. The first-order valence-corrected chi connectivity index (χ1v) is 15.1. The van der Waals surface area contributed by atoms with Gasteiger partial charge in [0, 0.05) is 26.8 Å². The van der Waals surface area contributed by atoms with Crippen LogP contribution in [0.15, 0.2) is 122 Å². The average molecular weight is 585 g/mol. The summed E-state index contributed by atoms with van der Waals surface area (Å²) in [6, 6.07) is 38.5. The predicted octanol–water partition coefficient (Wildman–Crippen LogP) is 8.51. The number of ether oxygens (including phenoxy) is 2. The molecule has 2 aromatic heterocycles. The Labute approximate surface area is 258 Å². The molecule has 1 saturated heterocycles. The molecule has 4 aromatic carbocycles. The molecule has 8 nitrogen and oxygen atoms in total. The highest BCUT2D eigenvalue weighted by molar-refractivity contribution is 5.85. The van der Waals surface area contributed by atoms with Crippen LogP contribution in [-0.2, 0) is 17.8 Å². The largest absolute Gasteiger partial charge is 0.457 e. The SMILES string of the molecule is [HH].c1ccc(CN(Cc2ccccc2)c2nc(Nc3ccc(Oc4ccccc4)cc3)nc3c2ncn3C2CCCCO2)cc1. The van der Waals surface area contributed by atoms with Gasteiger partial charge in [0.1, 0.15) is 17.7 Å². The second-order valence-electron chi connectivity index (χ2n) is 10.9. The van der Waals surface area contributed by atoms with Gasteiger partial charge in [0.25, 0.3) is 0 Å². The van der Waals surface area contributed by atoms with E-state index in [1.54, 1.807) is 0 Å². The summed E-state index contributed by atoms with van der Waals surface area (Å²) < 4.78 is 14.2. The molecular weight excluding hydrogens is 548 g/mol. The normalized spacial score (nSPS) is 14.8. The van der Waals surface area contributed by atoms with Crippen LogP contribution < -0.4 is 15.0 Å². The second kappa shape index (κ2) is 13.0. The Kier molecular flexibility index (Phi) is 8.14. The van der Waals surface area contributed by atoms with E-state index in [9.17, 15) is 0 Å². The van der Waals surface area contributed by atoms with Gasteiger partial charge in [-0.25, -0.2) is 4.98 Å². The van der Waals surface area contributed by atoms with Gasteiger partial charge in [-0.1, -0.05) is 78.9 Å². The summed E-state index contributed by atoms with van der Waals surface area (Å²) >= 11 is 0. The molecule has 1 fully saturated rings. The number of anilines is 3. The van der Waals surface area contributed by atoms with E-state index < -0.39 is 0 Å². The van der Waals surface area contributed by atoms with Crippen molar-refractivity contribution in [2.45, 2.75) is 38.6 Å². The van der Waals surface area contributed by atoms with Crippen molar-refractivity contribution in [2.24, 2.45) is 0 Å². The smallest absolute Gasteiger partial charge is 0.231 e. The highest BCUT2D eigenvalue weighted by Gasteiger charge is 2.24. The molecule has 0 aliphatic carbocycles. The first kappa shape index (κ1) is 27.6. The molecule has 1 atom stereocenters. The molecule has 1 aliphatic rings. The van der Waals surface area contributed by atoms with Gasteiger partial charge in [-0.05, 0) is 66.8 Å². The third kappa shape index (κ3) is 6.40. The van der Waals surface area contributed by atoms with Crippen molar-refractivity contribution in [1.29, 1.82) is 0 Å². The van der Waals surface area contributed by atoms with Crippen molar-refractivity contribution in [1.82, 2.24) is 19.5 Å². The number of aromatic nitrogens is 4. The highest BCUT2D eigenvalue weighted by Crippen LogP contribution is 2.32. The summed E-state index contributed by atoms with van der Waals surface area (Å²) in [4.78, 5) is 17.2. The van der Waals surface area contributed by atoms with Gasteiger partial charge in [-0.15, -0.1) is 0 Å². The topological polar surface area (TPSA) is 77.3 Å². The van der Waals surface area contributed by atoms with Gasteiger partial charge in [-0.2, -0.15) is 9.97 Å². The monoisotopic (exact) mass is 584 g/mol. The van der Waals surface area contributed by atoms with E-state index in [1.807, 2.05) is 73.1 Å². The average Bonchev–Trinajstić information content (AvgIpc) is 3.51. The second-order valence-corrected chi connectivity index (χ2v) is 10.9. The molecule has 44 heavy (non-hydrogen) atoms. The maximum absolute atomic E-state index is 6.16. The minimum Gasteiger partial charge on any atom is -0.457 e. The number of rotatable bonds is 10. The molecule has 8 heteroatoms. The van der Waals surface area contributed by atoms with Crippen molar-refractivity contribution in [3.05, 3.63) is 133 Å². The molecule has 0 saturated carbocycles. The Hall–Kier alpha value is -5.21. The number of hydrogen-bond acceptors (Lipinski definition) is 7. The summed E-state index contributed by atoms with van der Waals surface area (Å²) in [6.45, 7) is 2.07. The lowest BCUT2D eigenvalue weighted by atomic mass is 10.1. The lowest BCUT2D eigenvalue weighted by Gasteiger charge is -2.26. The van der Waals surface area contributed by atoms with Crippen LogP contribution in [-0.4, -0.2) is 26.1 Å². The Morgan fingerprint density at radius 3 is 2.05 bits per heavy atom. The quantitative estimate of drug-likeness (QED) is 0.173. The predicted molar refractivity (Wildman–Crippen MR) is 175 cm³/mol. The molecule has 0 bridgehead atoms. The molecule has 0 amide bonds. The van der Waals surface area contributed by atoms with Crippen LogP contribution in [0.3, 0.4) is 0 Å². The van der Waals surface area contributed by atoms with E-state index in [0.717, 1.165) is 60.0 Å². The van der Waals surface area contributed by atoms with Crippen LogP contribution in [0.1, 0.15) is 38.0 Å². The molecule has 0 radical (unpaired) electrons. The number of benzene rings is 4. The van der Waals surface area contributed by atoms with Crippen molar-refractivity contribution < 1.29 is 10.9 Å². The summed E-state index contributed by atoms with van der Waals surface area (Å²) in [5, 5.41) is 3.44. The van der Waals surface area contributed by atoms with Crippen molar-refractivity contribution >= 4 is 28.6 Å². The standard InChI is InChI=1S/C36H34N6O2.H2/c1-4-12-27(13-5-1)24-41(25-28-14-6-2-7-15-28)34-33-35(42(26-37-33)32-18-10-11-23-43-32)40-36(39-34)38-29-19-21-31(22-20-29)44-30-16-8-3-9-17-30;/h1-9,12-17,19-22,26,32H,10-11,18,23-25H2,(H,38,39,40);1H. The van der Waals surface area contributed by atoms with Crippen LogP contribution in [0, 0.1) is 0 Å². The zero-order valence-corrected chi connectivity index (χ0v) is 24.4. The van der Waals surface area contributed by atoms with Crippen LogP contribution in [0.2, 0.25) is 0 Å². The number of imidazole rings is 1. The Balaban J connectivity index is 0.00000357. The number of nitrogens with zero attached hydrogens (tertiary/aromatic N) is 5. The Morgan fingerprint density at radius 2 is 1.41 bits per heavy atom. The maximum atomic E-state index is 6.16.